The maximum Gasteiger partial charge on any atom is 0.253 e. The lowest BCUT2D eigenvalue weighted by molar-refractivity contribution is 0.213. The number of guanidine groups is 1. The molecule has 1 rings (SSSR count). The summed E-state index contributed by atoms with van der Waals surface area (Å²) in [7, 11) is 1.55. The molecule has 0 aromatic carbocycles. The third-order valence-electron chi connectivity index (χ3n) is 1.91. The number of nitrogens with zero attached hydrogens (tertiary/aromatic N) is 5. The van der Waals surface area contributed by atoms with E-state index in [9.17, 15) is 0 Å². The predicted molar refractivity (Wildman–Crippen MR) is 53.0 cm³/mol. The summed E-state index contributed by atoms with van der Waals surface area (Å²) in [5, 5.41) is 24.8. The zero-order chi connectivity index (χ0) is 11.3. The maximum atomic E-state index is 8.64. The molecule has 0 saturated heterocycles. The molecule has 1 heterocycles. The van der Waals surface area contributed by atoms with E-state index in [0.29, 0.717) is 0 Å². The van der Waals surface area contributed by atoms with Crippen molar-refractivity contribution in [3.8, 4) is 6.19 Å². The van der Waals surface area contributed by atoms with E-state index in [4.69, 9.17) is 10.5 Å². The summed E-state index contributed by atoms with van der Waals surface area (Å²) >= 11 is 0. The molecule has 80 valence electrons. The second-order valence-corrected chi connectivity index (χ2v) is 3.02. The molecular weight excluding hydrogens is 196 g/mol. The van der Waals surface area contributed by atoms with Crippen molar-refractivity contribution in [3.63, 3.8) is 0 Å². The molecule has 15 heavy (non-hydrogen) atoms. The first-order valence-corrected chi connectivity index (χ1v) is 4.37. The van der Waals surface area contributed by atoms with Crippen LogP contribution in [0.1, 0.15) is 6.92 Å². The van der Waals surface area contributed by atoms with Crippen LogP contribution in [0.15, 0.2) is 27.5 Å². The second-order valence-electron chi connectivity index (χ2n) is 3.02. The van der Waals surface area contributed by atoms with Gasteiger partial charge in [-0.25, -0.2) is 9.89 Å². The summed E-state index contributed by atoms with van der Waals surface area (Å²) in [5.74, 6) is 0.267. The molecule has 0 bridgehead atoms. The van der Waals surface area contributed by atoms with Crippen LogP contribution in [-0.4, -0.2) is 35.2 Å². The van der Waals surface area contributed by atoms with Crippen LogP contribution in [0.4, 0.5) is 0 Å². The first kappa shape index (κ1) is 11.1. The number of hydrogen-bond donors (Lipinski definition) is 2. The van der Waals surface area contributed by atoms with Gasteiger partial charge < -0.3 is 0 Å². The highest BCUT2D eigenvalue weighted by atomic mass is 16.5. The molecule has 0 saturated carbocycles. The number of aliphatic imine (C=N–C) groups is 1. The van der Waals surface area contributed by atoms with Crippen LogP contribution >= 0.6 is 0 Å². The van der Waals surface area contributed by atoms with Gasteiger partial charge in [0.25, 0.3) is 5.96 Å². The van der Waals surface area contributed by atoms with E-state index in [2.05, 4.69) is 15.2 Å². The Kier molecular flexibility index (Phi) is 3.76. The maximum absolute atomic E-state index is 8.64. The molecular formula is C8H12N6O. The fourth-order valence-corrected chi connectivity index (χ4v) is 1.02. The summed E-state index contributed by atoms with van der Waals surface area (Å²) in [5.41, 5.74) is 1.89. The van der Waals surface area contributed by atoms with E-state index in [1.165, 1.54) is 11.1 Å². The van der Waals surface area contributed by atoms with Crippen molar-refractivity contribution in [1.82, 2.24) is 10.4 Å². The minimum Gasteiger partial charge on any atom is -0.292 e. The van der Waals surface area contributed by atoms with Crippen LogP contribution in [0.3, 0.4) is 0 Å². The minimum atomic E-state index is -0.229. The second kappa shape index (κ2) is 5.07. The zero-order valence-corrected chi connectivity index (χ0v) is 8.49. The molecule has 7 nitrogen and oxygen atoms in total. The Hall–Kier alpha value is -1.94. The molecule has 0 amide bonds. The lowest BCUT2D eigenvalue weighted by Crippen LogP contribution is -2.29. The number of rotatable bonds is 2. The summed E-state index contributed by atoms with van der Waals surface area (Å²) in [6.07, 6.45) is 4.89. The average Bonchev–Trinajstić information content (AvgIpc) is 2.27. The Morgan fingerprint density at radius 2 is 2.40 bits per heavy atom. The Bertz CT molecular complexity index is 342. The molecule has 7 heteroatoms. The summed E-state index contributed by atoms with van der Waals surface area (Å²) < 4.78 is 0. The van der Waals surface area contributed by atoms with Crippen LogP contribution in [0.25, 0.3) is 0 Å². The number of azo groups is 1. The monoisotopic (exact) mass is 208 g/mol. The highest BCUT2D eigenvalue weighted by Crippen LogP contribution is 2.12. The van der Waals surface area contributed by atoms with Crippen molar-refractivity contribution >= 4 is 5.96 Å². The van der Waals surface area contributed by atoms with E-state index in [1.807, 2.05) is 18.6 Å². The summed E-state index contributed by atoms with van der Waals surface area (Å²) in [4.78, 5) is 5.42. The van der Waals surface area contributed by atoms with Crippen LogP contribution in [0.2, 0.25) is 0 Å². The highest BCUT2D eigenvalue weighted by molar-refractivity contribution is 5.82. The van der Waals surface area contributed by atoms with Gasteiger partial charge in [0, 0.05) is 13.2 Å². The third-order valence-corrected chi connectivity index (χ3v) is 1.91. The normalized spacial score (nSPS) is 24.8. The number of nitriles is 1. The standard InChI is InChI=1S/C8H12N6O/c1-6-7(3-4-10-15)11-8(13-12-6)14(2)5-9/h3-4,6-7,10,15H,1-2H3/b4-3-. The molecule has 0 radical (unpaired) electrons. The lowest BCUT2D eigenvalue weighted by atomic mass is 10.1. The lowest BCUT2D eigenvalue weighted by Gasteiger charge is -2.19. The number of hydroxylamine groups is 1. The Balaban J connectivity index is 2.81. The van der Waals surface area contributed by atoms with Gasteiger partial charge in [0.1, 0.15) is 0 Å². The Morgan fingerprint density at radius 1 is 1.67 bits per heavy atom. The SMILES string of the molecule is CC1N=NC(N(C)C#N)=NC1/C=C\NO. The van der Waals surface area contributed by atoms with E-state index in [0.717, 1.165) is 0 Å². The first-order chi connectivity index (χ1) is 7.19. The minimum absolute atomic E-state index is 0.106. The molecule has 1 aliphatic rings. The fourth-order valence-electron chi connectivity index (χ4n) is 1.02. The predicted octanol–water partition coefficient (Wildman–Crippen LogP) is 0.471. The Morgan fingerprint density at radius 3 is 3.00 bits per heavy atom. The van der Waals surface area contributed by atoms with Crippen molar-refractivity contribution in [1.29, 1.82) is 5.26 Å². The van der Waals surface area contributed by atoms with Crippen LogP contribution < -0.4 is 5.48 Å². The van der Waals surface area contributed by atoms with Gasteiger partial charge in [0.05, 0.1) is 12.1 Å². The van der Waals surface area contributed by atoms with Gasteiger partial charge in [-0.2, -0.15) is 10.4 Å². The molecule has 2 atom stereocenters. The fraction of sp³-hybridized carbons (Fsp3) is 0.500. The van der Waals surface area contributed by atoms with Gasteiger partial charge in [0.15, 0.2) is 6.19 Å². The molecule has 0 aromatic rings. The first-order valence-electron chi connectivity index (χ1n) is 4.37. The number of nitrogens with one attached hydrogen (secondary N) is 1. The van der Waals surface area contributed by atoms with Gasteiger partial charge in [0.2, 0.25) is 0 Å². The Labute approximate surface area is 87.4 Å². The van der Waals surface area contributed by atoms with Gasteiger partial charge in [-0.3, -0.25) is 10.7 Å². The molecule has 2 N–H and O–H groups in total. The van der Waals surface area contributed by atoms with Crippen LogP contribution in [0.5, 0.6) is 0 Å². The van der Waals surface area contributed by atoms with E-state index < -0.39 is 0 Å². The molecule has 1 aliphatic heterocycles. The topological polar surface area (TPSA) is 96.4 Å². The quantitative estimate of drug-likeness (QED) is 0.391. The molecule has 0 aromatic heterocycles. The van der Waals surface area contributed by atoms with E-state index in [1.54, 1.807) is 13.1 Å². The molecule has 0 spiro atoms. The average molecular weight is 208 g/mol. The third kappa shape index (κ3) is 2.75. The van der Waals surface area contributed by atoms with Crippen molar-refractivity contribution in [2.45, 2.75) is 19.0 Å². The summed E-state index contributed by atoms with van der Waals surface area (Å²) in [6, 6.07) is -0.335. The molecule has 0 fully saturated rings. The molecule has 2 unspecified atom stereocenters. The van der Waals surface area contributed by atoms with Crippen LogP contribution in [0, 0.1) is 11.5 Å². The van der Waals surface area contributed by atoms with Crippen molar-refractivity contribution in [2.24, 2.45) is 15.2 Å². The van der Waals surface area contributed by atoms with Gasteiger partial charge in [-0.1, -0.05) is 0 Å². The van der Waals surface area contributed by atoms with Crippen LogP contribution in [-0.2, 0) is 0 Å². The number of hydrogen-bond acceptors (Lipinski definition) is 7. The van der Waals surface area contributed by atoms with Gasteiger partial charge >= 0.3 is 0 Å². The van der Waals surface area contributed by atoms with Gasteiger partial charge in [-0.15, -0.1) is 5.11 Å². The smallest absolute Gasteiger partial charge is 0.253 e. The molecule has 0 aliphatic carbocycles. The zero-order valence-electron chi connectivity index (χ0n) is 8.49. The highest BCUT2D eigenvalue weighted by Gasteiger charge is 2.20. The largest absolute Gasteiger partial charge is 0.292 e. The van der Waals surface area contributed by atoms with Crippen molar-refractivity contribution in [2.75, 3.05) is 7.05 Å². The van der Waals surface area contributed by atoms with E-state index in [-0.39, 0.29) is 18.0 Å². The van der Waals surface area contributed by atoms with Crippen molar-refractivity contribution < 1.29 is 5.21 Å². The summed E-state index contributed by atoms with van der Waals surface area (Å²) in [6.45, 7) is 1.85. The van der Waals surface area contributed by atoms with Crippen molar-refractivity contribution in [3.05, 3.63) is 12.3 Å². The van der Waals surface area contributed by atoms with Gasteiger partial charge in [-0.05, 0) is 13.0 Å². The van der Waals surface area contributed by atoms with E-state index >= 15 is 0 Å².